The largest absolute Gasteiger partial charge is 0.444 e. The van der Waals surface area contributed by atoms with E-state index in [2.05, 4.69) is 10.3 Å². The molecule has 2 atom stereocenters. The van der Waals surface area contributed by atoms with E-state index in [1.807, 2.05) is 0 Å². The number of carbonyl (C=O) groups is 2. The first-order chi connectivity index (χ1) is 11.6. The molecule has 0 saturated carbocycles. The molecule has 2 unspecified atom stereocenters. The lowest BCUT2D eigenvalue weighted by Gasteiger charge is -2.27. The van der Waals surface area contributed by atoms with E-state index in [4.69, 9.17) is 14.2 Å². The third kappa shape index (κ3) is 6.10. The van der Waals surface area contributed by atoms with Crippen LogP contribution in [0.15, 0.2) is 24.4 Å². The van der Waals surface area contributed by atoms with Crippen molar-refractivity contribution in [3.63, 3.8) is 0 Å². The lowest BCUT2D eigenvalue weighted by atomic mass is 10.0. The van der Waals surface area contributed by atoms with Crippen LogP contribution in [-0.4, -0.2) is 47.0 Å². The van der Waals surface area contributed by atoms with Crippen LogP contribution in [0.25, 0.3) is 0 Å². The summed E-state index contributed by atoms with van der Waals surface area (Å²) in [7, 11) is 0. The molecule has 1 aromatic heterocycles. The highest BCUT2D eigenvalue weighted by molar-refractivity contribution is 5.94. The molecule has 2 rings (SSSR count). The molecule has 0 bridgehead atoms. The molecule has 1 aliphatic heterocycles. The Morgan fingerprint density at radius 2 is 2.12 bits per heavy atom. The average Bonchev–Trinajstić information content (AvgIpc) is 2.85. The number of alkyl carbamates (subject to hydrolysis) is 1. The minimum Gasteiger partial charge on any atom is -0.444 e. The van der Waals surface area contributed by atoms with Crippen LogP contribution in [0.3, 0.4) is 0 Å². The van der Waals surface area contributed by atoms with Crippen molar-refractivity contribution >= 4 is 11.9 Å². The molecule has 0 aromatic carbocycles. The van der Waals surface area contributed by atoms with Crippen molar-refractivity contribution in [3.8, 4) is 0 Å². The van der Waals surface area contributed by atoms with Crippen molar-refractivity contribution in [3.05, 3.63) is 30.1 Å². The Labute approximate surface area is 148 Å². The molecule has 7 heteroatoms. The molecule has 0 aliphatic carbocycles. The van der Waals surface area contributed by atoms with Gasteiger partial charge in [0.1, 0.15) is 17.4 Å². The Morgan fingerprint density at radius 1 is 1.40 bits per heavy atom. The Kier molecular flexibility index (Phi) is 5.80. The van der Waals surface area contributed by atoms with Gasteiger partial charge in [0.25, 0.3) is 0 Å². The molecular weight excluding hydrogens is 324 g/mol. The topological polar surface area (TPSA) is 86.8 Å². The van der Waals surface area contributed by atoms with Crippen LogP contribution >= 0.6 is 0 Å². The number of rotatable bonds is 5. The minimum atomic E-state index is -0.757. The van der Waals surface area contributed by atoms with Crippen LogP contribution in [0.2, 0.25) is 0 Å². The number of amides is 1. The maximum atomic E-state index is 12.5. The number of hydrogen-bond donors (Lipinski definition) is 1. The van der Waals surface area contributed by atoms with Crippen molar-refractivity contribution in [1.29, 1.82) is 0 Å². The molecule has 1 saturated heterocycles. The second-order valence-electron chi connectivity index (χ2n) is 7.46. The van der Waals surface area contributed by atoms with Crippen molar-refractivity contribution in [2.75, 3.05) is 6.61 Å². The third-order valence-corrected chi connectivity index (χ3v) is 3.54. The fourth-order valence-electron chi connectivity index (χ4n) is 2.48. The number of nitrogens with one attached hydrogen (secondary N) is 1. The normalized spacial score (nSPS) is 20.8. The second-order valence-corrected chi connectivity index (χ2v) is 7.46. The highest BCUT2D eigenvalue weighted by Gasteiger charge is 2.39. The zero-order valence-electron chi connectivity index (χ0n) is 15.4. The van der Waals surface area contributed by atoms with Gasteiger partial charge in [0.05, 0.1) is 12.6 Å². The Hall–Kier alpha value is -1.99. The fourth-order valence-corrected chi connectivity index (χ4v) is 2.48. The quantitative estimate of drug-likeness (QED) is 0.822. The summed E-state index contributed by atoms with van der Waals surface area (Å²) in [6, 6.07) is 4.55. The van der Waals surface area contributed by atoms with Crippen molar-refractivity contribution < 1.29 is 23.8 Å². The van der Waals surface area contributed by atoms with E-state index in [-0.39, 0.29) is 18.8 Å². The van der Waals surface area contributed by atoms with E-state index in [9.17, 15) is 9.59 Å². The van der Waals surface area contributed by atoms with E-state index in [0.29, 0.717) is 5.69 Å². The number of hydrogen-bond acceptors (Lipinski definition) is 6. The Morgan fingerprint density at radius 3 is 2.64 bits per heavy atom. The van der Waals surface area contributed by atoms with Crippen molar-refractivity contribution in [1.82, 2.24) is 10.3 Å². The molecular formula is C18H26N2O5. The summed E-state index contributed by atoms with van der Waals surface area (Å²) >= 11 is 0. The van der Waals surface area contributed by atoms with Crippen LogP contribution in [0.1, 0.15) is 51.5 Å². The van der Waals surface area contributed by atoms with Crippen molar-refractivity contribution in [2.45, 2.75) is 64.6 Å². The standard InChI is InChI=1S/C18H26N2O5/c1-17(2,3)25-16(22)20-13(15-11-23-18(4,5)24-15)10-14(21)12-8-6-7-9-19-12/h6-9,13,15H,10-11H2,1-5H3,(H,20,22). The molecule has 7 nitrogen and oxygen atoms in total. The van der Waals surface area contributed by atoms with Crippen molar-refractivity contribution in [2.24, 2.45) is 0 Å². The predicted octanol–water partition coefficient (Wildman–Crippen LogP) is 2.70. The second kappa shape index (κ2) is 7.49. The van der Waals surface area contributed by atoms with Crippen LogP contribution in [-0.2, 0) is 14.2 Å². The summed E-state index contributed by atoms with van der Waals surface area (Å²) in [6.45, 7) is 9.19. The van der Waals surface area contributed by atoms with Gasteiger partial charge in [-0.25, -0.2) is 4.79 Å². The highest BCUT2D eigenvalue weighted by atomic mass is 16.7. The van der Waals surface area contributed by atoms with E-state index in [1.54, 1.807) is 59.0 Å². The Balaban J connectivity index is 2.09. The van der Waals surface area contributed by atoms with Gasteiger partial charge in [-0.3, -0.25) is 9.78 Å². The summed E-state index contributed by atoms with van der Waals surface area (Å²) in [5.74, 6) is -0.943. The summed E-state index contributed by atoms with van der Waals surface area (Å²) < 4.78 is 16.7. The van der Waals surface area contributed by atoms with Crippen LogP contribution < -0.4 is 5.32 Å². The molecule has 0 spiro atoms. The molecule has 138 valence electrons. The van der Waals surface area contributed by atoms with Gasteiger partial charge in [0, 0.05) is 12.6 Å². The maximum absolute atomic E-state index is 12.5. The van der Waals surface area contributed by atoms with E-state index < -0.39 is 29.6 Å². The van der Waals surface area contributed by atoms with Crippen LogP contribution in [0.4, 0.5) is 4.79 Å². The number of ketones is 1. The minimum absolute atomic E-state index is 0.0420. The molecule has 25 heavy (non-hydrogen) atoms. The SMILES string of the molecule is CC(C)(C)OC(=O)NC(CC(=O)c1ccccn1)C1COC(C)(C)O1. The fraction of sp³-hybridized carbons (Fsp3) is 0.611. The van der Waals surface area contributed by atoms with Gasteiger partial charge in [0.2, 0.25) is 0 Å². The van der Waals surface area contributed by atoms with Crippen LogP contribution in [0, 0.1) is 0 Å². The number of ether oxygens (including phenoxy) is 3. The average molecular weight is 350 g/mol. The van der Waals surface area contributed by atoms with Gasteiger partial charge in [-0.1, -0.05) is 6.07 Å². The lowest BCUT2D eigenvalue weighted by molar-refractivity contribution is -0.141. The monoisotopic (exact) mass is 350 g/mol. The maximum Gasteiger partial charge on any atom is 0.407 e. The van der Waals surface area contributed by atoms with Gasteiger partial charge in [-0.05, 0) is 46.8 Å². The van der Waals surface area contributed by atoms with Gasteiger partial charge < -0.3 is 19.5 Å². The van der Waals surface area contributed by atoms with Crippen LogP contribution in [0.5, 0.6) is 0 Å². The zero-order valence-corrected chi connectivity index (χ0v) is 15.4. The first kappa shape index (κ1) is 19.3. The summed E-state index contributed by atoms with van der Waals surface area (Å²) in [5.41, 5.74) is -0.289. The van der Waals surface area contributed by atoms with E-state index >= 15 is 0 Å². The number of nitrogens with zero attached hydrogens (tertiary/aromatic N) is 1. The number of Topliss-reactive ketones (excluding diaryl/α,β-unsaturated/α-hetero) is 1. The van der Waals surface area contributed by atoms with E-state index in [0.717, 1.165) is 0 Å². The summed E-state index contributed by atoms with van der Waals surface area (Å²) in [6.07, 6.45) is 0.553. The lowest BCUT2D eigenvalue weighted by Crippen LogP contribution is -2.48. The molecule has 1 N–H and O–H groups in total. The first-order valence-corrected chi connectivity index (χ1v) is 8.31. The van der Waals surface area contributed by atoms with Gasteiger partial charge in [-0.2, -0.15) is 0 Å². The summed E-state index contributed by atoms with van der Waals surface area (Å²) in [5, 5.41) is 2.74. The molecule has 1 aromatic rings. The zero-order chi connectivity index (χ0) is 18.7. The van der Waals surface area contributed by atoms with E-state index in [1.165, 1.54) is 0 Å². The molecule has 2 heterocycles. The highest BCUT2D eigenvalue weighted by Crippen LogP contribution is 2.26. The number of pyridine rings is 1. The summed E-state index contributed by atoms with van der Waals surface area (Å²) in [4.78, 5) is 28.7. The molecule has 1 fully saturated rings. The molecule has 1 aliphatic rings. The number of aromatic nitrogens is 1. The number of carbonyl (C=O) groups excluding carboxylic acids is 2. The predicted molar refractivity (Wildman–Crippen MR) is 91.2 cm³/mol. The first-order valence-electron chi connectivity index (χ1n) is 8.31. The van der Waals surface area contributed by atoms with Gasteiger partial charge in [0.15, 0.2) is 11.6 Å². The Bertz CT molecular complexity index is 610. The van der Waals surface area contributed by atoms with Gasteiger partial charge in [-0.15, -0.1) is 0 Å². The molecule has 0 radical (unpaired) electrons. The smallest absolute Gasteiger partial charge is 0.407 e. The molecule has 1 amide bonds. The van der Waals surface area contributed by atoms with Gasteiger partial charge >= 0.3 is 6.09 Å². The third-order valence-electron chi connectivity index (χ3n) is 3.54.